The molecule has 1 aromatic heterocycles. The van der Waals surface area contributed by atoms with Crippen LogP contribution in [0, 0.1) is 5.82 Å². The Morgan fingerprint density at radius 3 is 2.62 bits per heavy atom. The standard InChI is InChI=1S/C20H20FN3O2/c21-14-4-5-19-18(10-14)20(26)11-15(22-19)13-23-6-8-24(9-7-23)16-2-1-3-17(25)12-16/h1-5,10-12,25H,6-9,13H2,(H,22,26). The van der Waals surface area contributed by atoms with Crippen molar-refractivity contribution in [2.45, 2.75) is 6.54 Å². The van der Waals surface area contributed by atoms with Crippen molar-refractivity contribution < 1.29 is 9.50 Å². The number of aromatic hydroxyl groups is 1. The van der Waals surface area contributed by atoms with Crippen LogP contribution in [0.1, 0.15) is 5.69 Å². The van der Waals surface area contributed by atoms with Crippen molar-refractivity contribution in [2.75, 3.05) is 31.1 Å². The number of aromatic nitrogens is 1. The molecular formula is C20H20FN3O2. The molecule has 6 heteroatoms. The van der Waals surface area contributed by atoms with Crippen molar-refractivity contribution in [3.63, 3.8) is 0 Å². The van der Waals surface area contributed by atoms with Crippen molar-refractivity contribution in [3.05, 3.63) is 70.3 Å². The predicted molar refractivity (Wildman–Crippen MR) is 100 cm³/mol. The predicted octanol–water partition coefficient (Wildman–Crippen LogP) is 2.70. The quantitative estimate of drug-likeness (QED) is 0.760. The fraction of sp³-hybridized carbons (Fsp3) is 0.250. The number of phenols is 1. The normalized spacial score (nSPS) is 15.5. The zero-order chi connectivity index (χ0) is 18.1. The van der Waals surface area contributed by atoms with E-state index in [4.69, 9.17) is 0 Å². The number of nitrogens with zero attached hydrogens (tertiary/aromatic N) is 2. The Morgan fingerprint density at radius 2 is 1.85 bits per heavy atom. The van der Waals surface area contributed by atoms with Crippen LogP contribution in [0.3, 0.4) is 0 Å². The fourth-order valence-corrected chi connectivity index (χ4v) is 3.45. The average Bonchev–Trinajstić information content (AvgIpc) is 2.63. The zero-order valence-electron chi connectivity index (χ0n) is 14.3. The van der Waals surface area contributed by atoms with Gasteiger partial charge in [0.15, 0.2) is 5.43 Å². The van der Waals surface area contributed by atoms with E-state index in [-0.39, 0.29) is 11.2 Å². The highest BCUT2D eigenvalue weighted by Gasteiger charge is 2.18. The SMILES string of the molecule is O=c1cc(CN2CCN(c3cccc(O)c3)CC2)[nH]c2ccc(F)cc12. The maximum absolute atomic E-state index is 13.3. The molecule has 1 aliphatic heterocycles. The lowest BCUT2D eigenvalue weighted by molar-refractivity contribution is 0.247. The summed E-state index contributed by atoms with van der Waals surface area (Å²) in [7, 11) is 0. The molecule has 0 bridgehead atoms. The molecule has 1 fully saturated rings. The van der Waals surface area contributed by atoms with E-state index in [2.05, 4.69) is 14.8 Å². The van der Waals surface area contributed by atoms with Gasteiger partial charge < -0.3 is 15.0 Å². The van der Waals surface area contributed by atoms with E-state index in [1.54, 1.807) is 24.3 Å². The van der Waals surface area contributed by atoms with Crippen LogP contribution >= 0.6 is 0 Å². The third-order valence-electron chi connectivity index (χ3n) is 4.81. The summed E-state index contributed by atoms with van der Waals surface area (Å²) >= 11 is 0. The van der Waals surface area contributed by atoms with E-state index in [0.29, 0.717) is 17.4 Å². The number of benzene rings is 2. The summed E-state index contributed by atoms with van der Waals surface area (Å²) in [6.45, 7) is 4.08. The maximum Gasteiger partial charge on any atom is 0.189 e. The average molecular weight is 353 g/mol. The second-order valence-electron chi connectivity index (χ2n) is 6.63. The van der Waals surface area contributed by atoms with Crippen LogP contribution in [0.15, 0.2) is 53.3 Å². The molecule has 0 atom stereocenters. The Bertz CT molecular complexity index is 994. The Morgan fingerprint density at radius 1 is 1.04 bits per heavy atom. The molecule has 1 aliphatic rings. The first kappa shape index (κ1) is 16.6. The van der Waals surface area contributed by atoms with Crippen LogP contribution < -0.4 is 10.3 Å². The van der Waals surface area contributed by atoms with Gasteiger partial charge in [0.25, 0.3) is 0 Å². The summed E-state index contributed by atoms with van der Waals surface area (Å²) < 4.78 is 13.3. The summed E-state index contributed by atoms with van der Waals surface area (Å²) in [6.07, 6.45) is 0. The molecule has 0 saturated carbocycles. The van der Waals surface area contributed by atoms with Crippen LogP contribution in [-0.2, 0) is 6.54 Å². The molecule has 0 unspecified atom stereocenters. The van der Waals surface area contributed by atoms with Crippen LogP contribution in [0.5, 0.6) is 5.75 Å². The van der Waals surface area contributed by atoms with E-state index in [9.17, 15) is 14.3 Å². The number of fused-ring (bicyclic) bond motifs is 1. The summed E-state index contributed by atoms with van der Waals surface area (Å²) in [4.78, 5) is 20.0. The number of pyridine rings is 1. The Hall–Kier alpha value is -2.86. The Labute approximate surface area is 150 Å². The van der Waals surface area contributed by atoms with Crippen molar-refractivity contribution in [3.8, 4) is 5.75 Å². The van der Waals surface area contributed by atoms with E-state index >= 15 is 0 Å². The van der Waals surface area contributed by atoms with Gasteiger partial charge >= 0.3 is 0 Å². The molecule has 134 valence electrons. The number of H-pyrrole nitrogens is 1. The lowest BCUT2D eigenvalue weighted by Crippen LogP contribution is -2.46. The minimum absolute atomic E-state index is 0.161. The molecule has 5 nitrogen and oxygen atoms in total. The third kappa shape index (κ3) is 3.41. The molecule has 26 heavy (non-hydrogen) atoms. The molecule has 0 spiro atoms. The van der Waals surface area contributed by atoms with Gasteiger partial charge in [0.1, 0.15) is 11.6 Å². The van der Waals surface area contributed by atoms with Gasteiger partial charge in [-0.15, -0.1) is 0 Å². The fourth-order valence-electron chi connectivity index (χ4n) is 3.45. The lowest BCUT2D eigenvalue weighted by Gasteiger charge is -2.36. The van der Waals surface area contributed by atoms with Crippen molar-refractivity contribution >= 4 is 16.6 Å². The largest absolute Gasteiger partial charge is 0.508 e. The van der Waals surface area contributed by atoms with Gasteiger partial charge in [0.2, 0.25) is 0 Å². The molecule has 3 aromatic rings. The second-order valence-corrected chi connectivity index (χ2v) is 6.63. The number of piperazine rings is 1. The van der Waals surface area contributed by atoms with Gasteiger partial charge in [0.05, 0.1) is 0 Å². The highest BCUT2D eigenvalue weighted by atomic mass is 19.1. The highest BCUT2D eigenvalue weighted by molar-refractivity contribution is 5.78. The third-order valence-corrected chi connectivity index (χ3v) is 4.81. The molecule has 2 N–H and O–H groups in total. The van der Waals surface area contributed by atoms with E-state index in [1.807, 2.05) is 12.1 Å². The molecular weight excluding hydrogens is 333 g/mol. The zero-order valence-corrected chi connectivity index (χ0v) is 14.3. The number of aromatic amines is 1. The van der Waals surface area contributed by atoms with Gasteiger partial charge in [-0.3, -0.25) is 9.69 Å². The number of nitrogens with one attached hydrogen (secondary N) is 1. The molecule has 1 saturated heterocycles. The van der Waals surface area contributed by atoms with E-state index in [1.165, 1.54) is 12.1 Å². The highest BCUT2D eigenvalue weighted by Crippen LogP contribution is 2.21. The second kappa shape index (κ2) is 6.80. The van der Waals surface area contributed by atoms with Gasteiger partial charge in [-0.1, -0.05) is 6.07 Å². The van der Waals surface area contributed by atoms with Crippen molar-refractivity contribution in [1.29, 1.82) is 0 Å². The first-order chi connectivity index (χ1) is 12.6. The van der Waals surface area contributed by atoms with Gasteiger partial charge in [-0.05, 0) is 30.3 Å². The minimum atomic E-state index is -0.404. The molecule has 2 aromatic carbocycles. The lowest BCUT2D eigenvalue weighted by atomic mass is 10.1. The van der Waals surface area contributed by atoms with Crippen molar-refractivity contribution in [1.82, 2.24) is 9.88 Å². The molecule has 4 rings (SSSR count). The molecule has 0 radical (unpaired) electrons. The Kier molecular flexibility index (Phi) is 4.34. The van der Waals surface area contributed by atoms with E-state index < -0.39 is 5.82 Å². The topological polar surface area (TPSA) is 59.6 Å². The monoisotopic (exact) mass is 353 g/mol. The van der Waals surface area contributed by atoms with Crippen molar-refractivity contribution in [2.24, 2.45) is 0 Å². The minimum Gasteiger partial charge on any atom is -0.508 e. The van der Waals surface area contributed by atoms with Gasteiger partial charge in [0, 0.05) is 67.1 Å². The summed E-state index contributed by atoms with van der Waals surface area (Å²) in [5.41, 5.74) is 2.35. The molecule has 0 amide bonds. The van der Waals surface area contributed by atoms with Crippen LogP contribution in [0.2, 0.25) is 0 Å². The number of hydrogen-bond donors (Lipinski definition) is 2. The first-order valence-electron chi connectivity index (χ1n) is 8.66. The number of halogens is 1. The number of rotatable bonds is 3. The van der Waals surface area contributed by atoms with Gasteiger partial charge in [-0.2, -0.15) is 0 Å². The number of phenolic OH excluding ortho intramolecular Hbond substituents is 1. The number of hydrogen-bond acceptors (Lipinski definition) is 4. The maximum atomic E-state index is 13.3. The van der Waals surface area contributed by atoms with Crippen LogP contribution in [0.25, 0.3) is 10.9 Å². The number of anilines is 1. The molecule has 0 aliphatic carbocycles. The van der Waals surface area contributed by atoms with Gasteiger partial charge in [-0.25, -0.2) is 4.39 Å². The first-order valence-corrected chi connectivity index (χ1v) is 8.66. The summed E-state index contributed by atoms with van der Waals surface area (Å²) in [5.74, 6) is -0.131. The van der Waals surface area contributed by atoms with Crippen LogP contribution in [-0.4, -0.2) is 41.2 Å². The summed E-state index contributed by atoms with van der Waals surface area (Å²) in [5, 5.41) is 10.0. The molecule has 2 heterocycles. The smallest absolute Gasteiger partial charge is 0.189 e. The van der Waals surface area contributed by atoms with Crippen LogP contribution in [0.4, 0.5) is 10.1 Å². The Balaban J connectivity index is 1.45. The summed E-state index contributed by atoms with van der Waals surface area (Å²) in [6, 6.07) is 13.1. The van der Waals surface area contributed by atoms with E-state index in [0.717, 1.165) is 37.6 Å².